The molecule has 0 aromatic carbocycles. The van der Waals surface area contributed by atoms with Gasteiger partial charge in [-0.2, -0.15) is 0 Å². The van der Waals surface area contributed by atoms with Crippen LogP contribution >= 0.6 is 0 Å². The smallest absolute Gasteiger partial charge is 0.115 e. The van der Waals surface area contributed by atoms with Crippen LogP contribution in [-0.4, -0.2) is 5.67 Å². The van der Waals surface area contributed by atoms with Gasteiger partial charge in [0.25, 0.3) is 0 Å². The Labute approximate surface area is 105 Å². The van der Waals surface area contributed by atoms with E-state index in [0.717, 1.165) is 30.6 Å². The van der Waals surface area contributed by atoms with Crippen molar-refractivity contribution in [3.63, 3.8) is 0 Å². The molecule has 0 radical (unpaired) electrons. The molecule has 4 aliphatic carbocycles. The highest BCUT2D eigenvalue weighted by Crippen LogP contribution is 2.80. The van der Waals surface area contributed by atoms with Crippen molar-refractivity contribution in [2.75, 3.05) is 0 Å². The summed E-state index contributed by atoms with van der Waals surface area (Å²) in [6, 6.07) is 0. The molecule has 4 saturated carbocycles. The third-order valence-electron chi connectivity index (χ3n) is 6.61. The molecule has 0 heterocycles. The Morgan fingerprint density at radius 1 is 1.12 bits per heavy atom. The van der Waals surface area contributed by atoms with E-state index in [0.29, 0.717) is 23.2 Å². The molecule has 2 bridgehead atoms. The van der Waals surface area contributed by atoms with Gasteiger partial charge in [0.15, 0.2) is 0 Å². The lowest BCUT2D eigenvalue weighted by Gasteiger charge is -2.78. The molecule has 0 aromatic rings. The maximum Gasteiger partial charge on any atom is 0.115 e. The average Bonchev–Trinajstić information content (AvgIpc) is 2.17. The minimum absolute atomic E-state index is 0.390. The van der Waals surface area contributed by atoms with E-state index in [9.17, 15) is 4.39 Å². The van der Waals surface area contributed by atoms with Crippen molar-refractivity contribution in [1.82, 2.24) is 0 Å². The topological polar surface area (TPSA) is 0 Å². The van der Waals surface area contributed by atoms with Crippen molar-refractivity contribution in [1.29, 1.82) is 0 Å². The van der Waals surface area contributed by atoms with Gasteiger partial charge in [0.2, 0.25) is 0 Å². The first-order valence-electron chi connectivity index (χ1n) is 7.51. The van der Waals surface area contributed by atoms with Crippen molar-refractivity contribution in [2.45, 2.75) is 59.5 Å². The van der Waals surface area contributed by atoms with E-state index in [2.05, 4.69) is 34.6 Å². The summed E-state index contributed by atoms with van der Waals surface area (Å²) in [6.45, 7) is 11.6. The van der Waals surface area contributed by atoms with E-state index in [1.165, 1.54) is 6.42 Å². The maximum atomic E-state index is 14.6. The summed E-state index contributed by atoms with van der Waals surface area (Å²) in [5.41, 5.74) is -0.363. The second-order valence-corrected chi connectivity index (χ2v) is 7.95. The van der Waals surface area contributed by atoms with Crippen LogP contribution in [0.1, 0.15) is 53.9 Å². The summed E-state index contributed by atoms with van der Waals surface area (Å²) in [4.78, 5) is 0. The number of hydrogen-bond acceptors (Lipinski definition) is 0. The van der Waals surface area contributed by atoms with Gasteiger partial charge in [-0.05, 0) is 54.3 Å². The second kappa shape index (κ2) is 3.27. The Kier molecular flexibility index (Phi) is 2.31. The molecule has 0 N–H and O–H groups in total. The Morgan fingerprint density at radius 3 is 2.06 bits per heavy atom. The molecule has 0 aromatic heterocycles. The SMILES string of the molecule is CC(C)C1CC(C)C1C1C2(F)CC1(C(C)C)C2. The highest BCUT2D eigenvalue weighted by atomic mass is 19.1. The summed E-state index contributed by atoms with van der Waals surface area (Å²) in [5, 5.41) is 0. The Morgan fingerprint density at radius 2 is 1.71 bits per heavy atom. The van der Waals surface area contributed by atoms with Crippen LogP contribution in [0.3, 0.4) is 0 Å². The zero-order valence-electron chi connectivity index (χ0n) is 12.0. The first-order valence-corrected chi connectivity index (χ1v) is 7.51. The summed E-state index contributed by atoms with van der Waals surface area (Å²) < 4.78 is 14.6. The standard InChI is InChI=1S/C16H27F/c1-9(2)12-6-11(5)13(12)14-15(10(3)4)7-16(14,17)8-15/h9-14H,6-8H2,1-5H3. The zero-order chi connectivity index (χ0) is 12.6. The normalized spacial score (nSPS) is 56.5. The van der Waals surface area contributed by atoms with Gasteiger partial charge in [-0.3, -0.25) is 0 Å². The predicted molar refractivity (Wildman–Crippen MR) is 69.4 cm³/mol. The molecule has 0 aliphatic heterocycles. The fraction of sp³-hybridized carbons (Fsp3) is 1.00. The summed E-state index contributed by atoms with van der Waals surface area (Å²) in [7, 11) is 0. The fourth-order valence-corrected chi connectivity index (χ4v) is 5.49. The summed E-state index contributed by atoms with van der Waals surface area (Å²) >= 11 is 0. The van der Waals surface area contributed by atoms with Crippen LogP contribution < -0.4 is 0 Å². The monoisotopic (exact) mass is 238 g/mol. The number of alkyl halides is 1. The Balaban J connectivity index is 1.81. The fourth-order valence-electron chi connectivity index (χ4n) is 5.49. The van der Waals surface area contributed by atoms with Crippen molar-refractivity contribution in [3.05, 3.63) is 0 Å². The van der Waals surface area contributed by atoms with Crippen LogP contribution in [0.4, 0.5) is 4.39 Å². The zero-order valence-corrected chi connectivity index (χ0v) is 12.0. The largest absolute Gasteiger partial charge is 0.244 e. The predicted octanol–water partition coefficient (Wildman–Crippen LogP) is 4.69. The van der Waals surface area contributed by atoms with Crippen LogP contribution in [0.25, 0.3) is 0 Å². The molecule has 4 atom stereocenters. The van der Waals surface area contributed by atoms with E-state index in [4.69, 9.17) is 0 Å². The van der Waals surface area contributed by atoms with Crippen LogP contribution in [0.15, 0.2) is 0 Å². The molecule has 0 spiro atoms. The third kappa shape index (κ3) is 1.24. The molecular weight excluding hydrogens is 211 g/mol. The Bertz CT molecular complexity index is 324. The van der Waals surface area contributed by atoms with Crippen molar-refractivity contribution >= 4 is 0 Å². The molecule has 0 nitrogen and oxygen atoms in total. The van der Waals surface area contributed by atoms with Gasteiger partial charge in [-0.25, -0.2) is 4.39 Å². The quantitative estimate of drug-likeness (QED) is 0.669. The van der Waals surface area contributed by atoms with E-state index < -0.39 is 5.67 Å². The minimum atomic E-state index is -0.753. The van der Waals surface area contributed by atoms with Crippen LogP contribution in [0.5, 0.6) is 0 Å². The van der Waals surface area contributed by atoms with E-state index in [-0.39, 0.29) is 0 Å². The van der Waals surface area contributed by atoms with Crippen molar-refractivity contribution in [3.8, 4) is 0 Å². The lowest BCUT2D eigenvalue weighted by atomic mass is 9.27. The van der Waals surface area contributed by atoms with Crippen LogP contribution in [-0.2, 0) is 0 Å². The lowest BCUT2D eigenvalue weighted by molar-refractivity contribution is -0.342. The molecule has 0 saturated heterocycles. The first-order chi connectivity index (χ1) is 7.82. The van der Waals surface area contributed by atoms with Gasteiger partial charge in [0.1, 0.15) is 5.67 Å². The number of halogens is 1. The van der Waals surface area contributed by atoms with Crippen molar-refractivity contribution < 1.29 is 4.39 Å². The van der Waals surface area contributed by atoms with Crippen LogP contribution in [0.2, 0.25) is 0 Å². The molecular formula is C16H27F. The summed E-state index contributed by atoms with van der Waals surface area (Å²) in [5.74, 6) is 4.07. The van der Waals surface area contributed by atoms with E-state index in [1.807, 2.05) is 0 Å². The molecule has 17 heavy (non-hydrogen) atoms. The first kappa shape index (κ1) is 12.0. The molecule has 4 unspecified atom stereocenters. The van der Waals surface area contributed by atoms with E-state index in [1.54, 1.807) is 0 Å². The molecule has 4 fully saturated rings. The molecule has 1 heteroatoms. The highest BCUT2D eigenvalue weighted by Gasteiger charge is 2.80. The van der Waals surface area contributed by atoms with Gasteiger partial charge in [-0.1, -0.05) is 34.6 Å². The number of rotatable bonds is 3. The second-order valence-electron chi connectivity index (χ2n) is 7.95. The lowest BCUT2D eigenvalue weighted by Crippen LogP contribution is -2.78. The third-order valence-corrected chi connectivity index (χ3v) is 6.61. The number of hydrogen-bond donors (Lipinski definition) is 0. The van der Waals surface area contributed by atoms with Gasteiger partial charge < -0.3 is 0 Å². The minimum Gasteiger partial charge on any atom is -0.244 e. The molecule has 4 aliphatic rings. The van der Waals surface area contributed by atoms with Gasteiger partial charge in [-0.15, -0.1) is 0 Å². The van der Waals surface area contributed by atoms with Gasteiger partial charge >= 0.3 is 0 Å². The molecule has 0 amide bonds. The van der Waals surface area contributed by atoms with Crippen LogP contribution in [0, 0.1) is 40.9 Å². The molecule has 98 valence electrons. The molecule has 4 rings (SSSR count). The van der Waals surface area contributed by atoms with Crippen molar-refractivity contribution in [2.24, 2.45) is 40.9 Å². The maximum absolute atomic E-state index is 14.6. The highest BCUT2D eigenvalue weighted by molar-refractivity contribution is 5.28. The van der Waals surface area contributed by atoms with Gasteiger partial charge in [0.05, 0.1) is 0 Å². The Hall–Kier alpha value is -0.0700. The van der Waals surface area contributed by atoms with Gasteiger partial charge in [0, 0.05) is 5.92 Å². The summed E-state index contributed by atoms with van der Waals surface area (Å²) in [6.07, 6.45) is 3.08. The average molecular weight is 238 g/mol. The van der Waals surface area contributed by atoms with E-state index >= 15 is 0 Å².